The molecule has 0 unspecified atom stereocenters. The summed E-state index contributed by atoms with van der Waals surface area (Å²) in [6.45, 7) is 1.84. The van der Waals surface area contributed by atoms with E-state index >= 15 is 0 Å². The minimum atomic E-state index is -0.446. The molecule has 8 nitrogen and oxygen atoms in total. The van der Waals surface area contributed by atoms with E-state index in [1.807, 2.05) is 6.92 Å². The van der Waals surface area contributed by atoms with Crippen LogP contribution in [0.15, 0.2) is 48.5 Å². The second-order valence-corrected chi connectivity index (χ2v) is 7.60. The summed E-state index contributed by atoms with van der Waals surface area (Å²) in [5.74, 6) is -0.775. The summed E-state index contributed by atoms with van der Waals surface area (Å²) < 4.78 is 21.5. The van der Waals surface area contributed by atoms with Crippen LogP contribution in [0.4, 0.5) is 4.39 Å². The molecule has 0 atom stereocenters. The Balaban J connectivity index is 1.81. The van der Waals surface area contributed by atoms with E-state index < -0.39 is 5.97 Å². The quantitative estimate of drug-likeness (QED) is 0.385. The van der Waals surface area contributed by atoms with Gasteiger partial charge in [0.25, 0.3) is 0 Å². The molecule has 2 aromatic carbocycles. The van der Waals surface area contributed by atoms with Crippen LogP contribution in [0.3, 0.4) is 0 Å². The summed E-state index contributed by atoms with van der Waals surface area (Å²) >= 11 is 6.05. The molecule has 0 aliphatic rings. The summed E-state index contributed by atoms with van der Waals surface area (Å²) in [6.07, 6.45) is -0.0706. The molecule has 0 spiro atoms. The van der Waals surface area contributed by atoms with Crippen LogP contribution in [0.1, 0.15) is 11.4 Å². The van der Waals surface area contributed by atoms with Crippen LogP contribution in [-0.2, 0) is 16.0 Å². The molecule has 5 aromatic rings. The van der Waals surface area contributed by atoms with Crippen molar-refractivity contribution in [1.82, 2.24) is 29.6 Å². The third kappa shape index (κ3) is 3.27. The highest BCUT2D eigenvalue weighted by Gasteiger charge is 2.23. The number of aromatic nitrogens is 6. The van der Waals surface area contributed by atoms with Crippen LogP contribution < -0.4 is 0 Å². The minimum absolute atomic E-state index is 0.0706. The van der Waals surface area contributed by atoms with Crippen LogP contribution in [0.5, 0.6) is 0 Å². The smallest absolute Gasteiger partial charge is 0.311 e. The van der Waals surface area contributed by atoms with Gasteiger partial charge in [0.1, 0.15) is 11.5 Å². The van der Waals surface area contributed by atoms with Gasteiger partial charge < -0.3 is 4.74 Å². The number of benzene rings is 2. The van der Waals surface area contributed by atoms with Crippen LogP contribution >= 0.6 is 11.6 Å². The van der Waals surface area contributed by atoms with E-state index in [1.54, 1.807) is 45.6 Å². The zero-order chi connectivity index (χ0) is 22.4. The molecule has 160 valence electrons. The highest BCUT2D eigenvalue weighted by molar-refractivity contribution is 6.30. The lowest BCUT2D eigenvalue weighted by Gasteiger charge is -2.04. The number of aryl methyl sites for hydroxylation is 1. The molecular weight excluding hydrogens is 435 g/mol. The summed E-state index contributed by atoms with van der Waals surface area (Å²) in [5, 5.41) is 18.6. The molecule has 10 heteroatoms. The molecule has 0 saturated heterocycles. The van der Waals surface area contributed by atoms with Crippen LogP contribution in [0.25, 0.3) is 33.6 Å². The second-order valence-electron chi connectivity index (χ2n) is 7.16. The van der Waals surface area contributed by atoms with Gasteiger partial charge in [-0.15, -0.1) is 10.2 Å². The lowest BCUT2D eigenvalue weighted by atomic mass is 10.1. The number of hydrogen-bond acceptors (Lipinski definition) is 6. The molecule has 0 amide bonds. The van der Waals surface area contributed by atoms with Gasteiger partial charge in [0.15, 0.2) is 16.8 Å². The maximum absolute atomic E-state index is 13.4. The Morgan fingerprint density at radius 2 is 1.78 bits per heavy atom. The first-order chi connectivity index (χ1) is 15.5. The topological polar surface area (TPSA) is 87.2 Å². The molecular formula is C22H16ClFN6O2. The number of fused-ring (bicyclic) bond motifs is 3. The first-order valence-corrected chi connectivity index (χ1v) is 10.1. The van der Waals surface area contributed by atoms with Crippen LogP contribution in [0.2, 0.25) is 5.02 Å². The van der Waals surface area contributed by atoms with Crippen molar-refractivity contribution in [2.24, 2.45) is 0 Å². The minimum Gasteiger partial charge on any atom is -0.469 e. The van der Waals surface area contributed by atoms with E-state index in [0.717, 1.165) is 11.1 Å². The molecule has 0 aliphatic heterocycles. The number of nitrogens with zero attached hydrogens (tertiary/aromatic N) is 6. The molecule has 0 fully saturated rings. The van der Waals surface area contributed by atoms with Crippen molar-refractivity contribution in [1.29, 1.82) is 0 Å². The van der Waals surface area contributed by atoms with Crippen molar-refractivity contribution in [3.8, 4) is 16.8 Å². The third-order valence-electron chi connectivity index (χ3n) is 5.13. The number of ether oxygens (including phenoxy) is 1. The van der Waals surface area contributed by atoms with E-state index in [1.165, 1.54) is 19.2 Å². The maximum Gasteiger partial charge on any atom is 0.311 e. The van der Waals surface area contributed by atoms with E-state index in [9.17, 15) is 9.18 Å². The number of carbonyl (C=O) groups is 1. The highest BCUT2D eigenvalue weighted by atomic mass is 35.5. The zero-order valence-corrected chi connectivity index (χ0v) is 17.8. The fourth-order valence-electron chi connectivity index (χ4n) is 3.63. The fourth-order valence-corrected chi connectivity index (χ4v) is 3.76. The molecule has 0 N–H and O–H groups in total. The molecule has 0 aliphatic carbocycles. The lowest BCUT2D eigenvalue weighted by molar-refractivity contribution is -0.139. The van der Waals surface area contributed by atoms with E-state index in [2.05, 4.69) is 20.4 Å². The van der Waals surface area contributed by atoms with Crippen molar-refractivity contribution in [3.63, 3.8) is 0 Å². The Labute approximate surface area is 186 Å². The van der Waals surface area contributed by atoms with Crippen molar-refractivity contribution < 1.29 is 13.9 Å². The first kappa shape index (κ1) is 20.1. The number of rotatable bonds is 4. The third-order valence-corrected chi connectivity index (χ3v) is 5.38. The predicted octanol–water partition coefficient (Wildman–Crippen LogP) is 3.95. The monoisotopic (exact) mass is 450 g/mol. The Kier molecular flexibility index (Phi) is 4.82. The van der Waals surface area contributed by atoms with Gasteiger partial charge in [0.2, 0.25) is 0 Å². The van der Waals surface area contributed by atoms with Crippen molar-refractivity contribution in [2.75, 3.05) is 7.11 Å². The van der Waals surface area contributed by atoms with Crippen LogP contribution in [-0.4, -0.2) is 42.7 Å². The maximum atomic E-state index is 13.4. The summed E-state index contributed by atoms with van der Waals surface area (Å²) in [7, 11) is 1.32. The fraction of sp³-hybridized carbons (Fsp3) is 0.136. The molecule has 0 radical (unpaired) electrons. The first-order valence-electron chi connectivity index (χ1n) is 9.68. The molecule has 32 heavy (non-hydrogen) atoms. The SMILES string of the molecule is COC(=O)Cc1nn(-c2ccc(Cl)cc2)c2c1nnc1c(-c3ccc(F)cc3)c(C)nn12. The van der Waals surface area contributed by atoms with Crippen LogP contribution in [0, 0.1) is 12.7 Å². The average molecular weight is 451 g/mol. The Morgan fingerprint density at radius 3 is 2.47 bits per heavy atom. The number of carbonyl (C=O) groups excluding carboxylic acids is 1. The second kappa shape index (κ2) is 7.69. The Bertz CT molecular complexity index is 1480. The summed E-state index contributed by atoms with van der Waals surface area (Å²) in [5.41, 5.74) is 4.75. The lowest BCUT2D eigenvalue weighted by Crippen LogP contribution is -2.06. The van der Waals surface area contributed by atoms with Gasteiger partial charge in [0, 0.05) is 5.02 Å². The molecule has 0 saturated carbocycles. The van der Waals surface area contributed by atoms with Crippen molar-refractivity contribution in [3.05, 3.63) is 70.8 Å². The van der Waals surface area contributed by atoms with E-state index in [0.29, 0.717) is 38.9 Å². The summed E-state index contributed by atoms with van der Waals surface area (Å²) in [4.78, 5) is 12.0. The normalized spacial score (nSPS) is 11.4. The molecule has 3 aromatic heterocycles. The summed E-state index contributed by atoms with van der Waals surface area (Å²) in [6, 6.07) is 13.2. The zero-order valence-electron chi connectivity index (χ0n) is 17.1. The average Bonchev–Trinajstić information content (AvgIpc) is 3.32. The molecule has 0 bridgehead atoms. The van der Waals surface area contributed by atoms with E-state index in [-0.39, 0.29) is 12.2 Å². The largest absolute Gasteiger partial charge is 0.469 e. The Hall–Kier alpha value is -3.85. The van der Waals surface area contributed by atoms with E-state index in [4.69, 9.17) is 16.3 Å². The highest BCUT2D eigenvalue weighted by Crippen LogP contribution is 2.30. The molecule has 3 heterocycles. The number of halogens is 2. The van der Waals surface area contributed by atoms with Gasteiger partial charge >= 0.3 is 5.97 Å². The van der Waals surface area contributed by atoms with Crippen molar-refractivity contribution in [2.45, 2.75) is 13.3 Å². The molecule has 5 rings (SSSR count). The predicted molar refractivity (Wildman–Crippen MR) is 116 cm³/mol. The van der Waals surface area contributed by atoms with Gasteiger partial charge in [-0.25, -0.2) is 9.07 Å². The number of esters is 1. The number of hydrogen-bond donors (Lipinski definition) is 0. The standard InChI is InChI=1S/C22H16ClFN6O2/c1-12-19(13-3-7-15(24)8-4-13)21-26-25-20-17(11-18(31)32-2)28-29(22(20)30(21)27-12)16-9-5-14(23)6-10-16/h3-10H,11H2,1-2H3. The van der Waals surface area contributed by atoms with Gasteiger partial charge in [-0.2, -0.15) is 14.7 Å². The van der Waals surface area contributed by atoms with Gasteiger partial charge in [0.05, 0.1) is 30.5 Å². The Morgan fingerprint density at radius 1 is 1.06 bits per heavy atom. The van der Waals surface area contributed by atoms with Crippen molar-refractivity contribution >= 4 is 34.4 Å². The van der Waals surface area contributed by atoms with Gasteiger partial charge in [-0.1, -0.05) is 23.7 Å². The van der Waals surface area contributed by atoms with Gasteiger partial charge in [-0.05, 0) is 48.9 Å². The number of methoxy groups -OCH3 is 1. The van der Waals surface area contributed by atoms with Gasteiger partial charge in [-0.3, -0.25) is 4.79 Å².